The number of nitrogens with two attached hydrogens (primary N) is 1. The first-order valence-electron chi connectivity index (χ1n) is 6.92. The summed E-state index contributed by atoms with van der Waals surface area (Å²) in [5.74, 6) is 0. The summed E-state index contributed by atoms with van der Waals surface area (Å²) in [6.07, 6.45) is -0.920. The van der Waals surface area contributed by atoms with E-state index in [1.165, 1.54) is 5.56 Å². The van der Waals surface area contributed by atoms with Crippen molar-refractivity contribution in [3.8, 4) is 0 Å². The molecule has 1 aromatic heterocycles. The summed E-state index contributed by atoms with van der Waals surface area (Å²) in [6, 6.07) is 8.16. The van der Waals surface area contributed by atoms with Crippen molar-refractivity contribution in [2.24, 2.45) is 5.73 Å². The highest BCUT2D eigenvalue weighted by Gasteiger charge is 2.27. The van der Waals surface area contributed by atoms with E-state index in [1.54, 1.807) is 0 Å². The minimum absolute atomic E-state index is 0.102. The zero-order valence-electron chi connectivity index (χ0n) is 11.7. The Labute approximate surface area is 121 Å². The third-order valence-corrected chi connectivity index (χ3v) is 3.22. The first kappa shape index (κ1) is 15.9. The van der Waals surface area contributed by atoms with Gasteiger partial charge in [0.25, 0.3) is 0 Å². The number of fused-ring (bicyclic) bond motifs is 1. The minimum Gasteiger partial charge on any atom is -0.372 e. The van der Waals surface area contributed by atoms with Crippen LogP contribution in [0.25, 0.3) is 10.9 Å². The molecule has 0 radical (unpaired) electrons. The van der Waals surface area contributed by atoms with E-state index in [2.05, 4.69) is 10.8 Å². The van der Waals surface area contributed by atoms with Crippen LogP contribution in [0.1, 0.15) is 12.0 Å². The van der Waals surface area contributed by atoms with Crippen LogP contribution in [0.2, 0.25) is 0 Å². The molecule has 1 aromatic carbocycles. The molecule has 2 aromatic rings. The number of halogens is 3. The Hall–Kier alpha value is -1.53. The summed E-state index contributed by atoms with van der Waals surface area (Å²) in [4.78, 5) is 0. The van der Waals surface area contributed by atoms with Gasteiger partial charge in [0.15, 0.2) is 0 Å². The van der Waals surface area contributed by atoms with E-state index in [9.17, 15) is 13.2 Å². The molecule has 0 aliphatic heterocycles. The summed E-state index contributed by atoms with van der Waals surface area (Å²) >= 11 is 0. The van der Waals surface area contributed by atoms with Gasteiger partial charge in [0.05, 0.1) is 0 Å². The van der Waals surface area contributed by atoms with Crippen LogP contribution in [0.3, 0.4) is 0 Å². The summed E-state index contributed by atoms with van der Waals surface area (Å²) in [5, 5.41) is 1.12. The van der Waals surface area contributed by atoms with Crippen molar-refractivity contribution in [2.45, 2.75) is 25.6 Å². The monoisotopic (exact) mass is 300 g/mol. The van der Waals surface area contributed by atoms with Crippen molar-refractivity contribution in [3.05, 3.63) is 36.0 Å². The highest BCUT2D eigenvalue weighted by atomic mass is 19.4. The number of nitrogens with zero attached hydrogens (tertiary/aromatic N) is 1. The normalized spacial score (nSPS) is 12.2. The highest BCUT2D eigenvalue weighted by molar-refractivity contribution is 5.80. The van der Waals surface area contributed by atoms with Gasteiger partial charge in [-0.2, -0.15) is 13.2 Å². The van der Waals surface area contributed by atoms with Gasteiger partial charge in [-0.3, -0.25) is 0 Å². The van der Waals surface area contributed by atoms with Gasteiger partial charge >= 0.3 is 6.18 Å². The third kappa shape index (κ3) is 4.75. The average Bonchev–Trinajstić information content (AvgIpc) is 2.80. The van der Waals surface area contributed by atoms with E-state index in [4.69, 9.17) is 5.73 Å². The molecule has 1 heterocycles. The Morgan fingerprint density at radius 3 is 2.71 bits per heavy atom. The lowest BCUT2D eigenvalue weighted by Crippen LogP contribution is -2.17. The highest BCUT2D eigenvalue weighted by Crippen LogP contribution is 2.19. The first-order valence-corrected chi connectivity index (χ1v) is 6.92. The molecule has 6 heteroatoms. The number of benzene rings is 1. The van der Waals surface area contributed by atoms with Crippen molar-refractivity contribution in [1.29, 1.82) is 0 Å². The molecular weight excluding hydrogens is 281 g/mol. The van der Waals surface area contributed by atoms with Crippen LogP contribution in [0.15, 0.2) is 30.5 Å². The van der Waals surface area contributed by atoms with Crippen LogP contribution in [0.4, 0.5) is 13.2 Å². The first-order chi connectivity index (χ1) is 9.99. The number of aryl methyl sites for hydroxylation is 1. The van der Waals surface area contributed by atoms with Crippen LogP contribution in [-0.4, -0.2) is 30.5 Å². The Balaban J connectivity index is 1.88. The molecular formula is C15H19F3N2O. The van der Waals surface area contributed by atoms with Crippen LogP contribution in [0, 0.1) is 0 Å². The van der Waals surface area contributed by atoms with E-state index in [0.717, 1.165) is 17.3 Å². The van der Waals surface area contributed by atoms with Gasteiger partial charge in [-0.25, -0.2) is 0 Å². The molecule has 3 nitrogen and oxygen atoms in total. The third-order valence-electron chi connectivity index (χ3n) is 3.22. The standard InChI is InChI=1S/C15H19F3N2O/c16-15(17,18)11-21-9-1-7-20-8-5-13-10-12(4-6-19)2-3-14(13)20/h2-3,5,8,10H,1,4,6-7,9,11,19H2. The lowest BCUT2D eigenvalue weighted by atomic mass is 10.1. The molecule has 0 saturated heterocycles. The van der Waals surface area contributed by atoms with Crippen LogP contribution >= 0.6 is 0 Å². The fourth-order valence-corrected chi connectivity index (χ4v) is 2.29. The van der Waals surface area contributed by atoms with Gasteiger partial charge in [-0.1, -0.05) is 6.07 Å². The second kappa shape index (κ2) is 6.95. The van der Waals surface area contributed by atoms with Gasteiger partial charge in [0.2, 0.25) is 0 Å². The van der Waals surface area contributed by atoms with Crippen molar-refractivity contribution in [2.75, 3.05) is 19.8 Å². The molecule has 0 bridgehead atoms. The number of hydrogen-bond acceptors (Lipinski definition) is 2. The molecule has 116 valence electrons. The summed E-state index contributed by atoms with van der Waals surface area (Å²) in [7, 11) is 0. The topological polar surface area (TPSA) is 40.2 Å². The average molecular weight is 300 g/mol. The number of ether oxygens (including phenoxy) is 1. The lowest BCUT2D eigenvalue weighted by Gasteiger charge is -2.09. The minimum atomic E-state index is -4.25. The maximum Gasteiger partial charge on any atom is 0.411 e. The number of rotatable bonds is 7. The predicted octanol–water partition coefficient (Wildman–Crippen LogP) is 3.11. The second-order valence-electron chi connectivity index (χ2n) is 4.96. The SMILES string of the molecule is NCCc1ccc2c(ccn2CCCOCC(F)(F)F)c1. The Morgan fingerprint density at radius 2 is 2.00 bits per heavy atom. The molecule has 2 N–H and O–H groups in total. The van der Waals surface area contributed by atoms with Crippen LogP contribution in [-0.2, 0) is 17.7 Å². The molecule has 2 rings (SSSR count). The Kier molecular flexibility index (Phi) is 5.25. The van der Waals surface area contributed by atoms with E-state index < -0.39 is 12.8 Å². The number of alkyl halides is 3. The Morgan fingerprint density at radius 1 is 1.19 bits per heavy atom. The van der Waals surface area contributed by atoms with E-state index in [1.807, 2.05) is 29.0 Å². The van der Waals surface area contributed by atoms with Crippen molar-refractivity contribution in [1.82, 2.24) is 4.57 Å². The molecule has 0 aliphatic rings. The molecule has 21 heavy (non-hydrogen) atoms. The van der Waals surface area contributed by atoms with Crippen molar-refractivity contribution < 1.29 is 17.9 Å². The lowest BCUT2D eigenvalue weighted by molar-refractivity contribution is -0.174. The van der Waals surface area contributed by atoms with Gasteiger partial charge in [0, 0.05) is 24.9 Å². The Bertz CT molecular complexity index is 578. The fourth-order valence-electron chi connectivity index (χ4n) is 2.29. The van der Waals surface area contributed by atoms with Crippen LogP contribution < -0.4 is 5.73 Å². The van der Waals surface area contributed by atoms with E-state index >= 15 is 0 Å². The molecule has 0 aliphatic carbocycles. The number of aromatic nitrogens is 1. The van der Waals surface area contributed by atoms with Gasteiger partial charge in [0.1, 0.15) is 6.61 Å². The van der Waals surface area contributed by atoms with Crippen molar-refractivity contribution >= 4 is 10.9 Å². The predicted molar refractivity (Wildman–Crippen MR) is 76.2 cm³/mol. The maximum atomic E-state index is 11.9. The molecule has 0 unspecified atom stereocenters. The quantitative estimate of drug-likeness (QED) is 0.798. The molecule has 0 spiro atoms. The van der Waals surface area contributed by atoms with E-state index in [-0.39, 0.29) is 6.61 Å². The molecule has 0 fully saturated rings. The van der Waals surface area contributed by atoms with Gasteiger partial charge < -0.3 is 15.0 Å². The zero-order valence-corrected chi connectivity index (χ0v) is 11.7. The van der Waals surface area contributed by atoms with Crippen molar-refractivity contribution in [3.63, 3.8) is 0 Å². The zero-order chi connectivity index (χ0) is 15.3. The summed E-state index contributed by atoms with van der Waals surface area (Å²) in [6.45, 7) is 0.173. The molecule has 0 atom stereocenters. The molecule has 0 amide bonds. The van der Waals surface area contributed by atoms with Gasteiger partial charge in [-0.15, -0.1) is 0 Å². The largest absolute Gasteiger partial charge is 0.411 e. The fraction of sp³-hybridized carbons (Fsp3) is 0.467. The van der Waals surface area contributed by atoms with Crippen LogP contribution in [0.5, 0.6) is 0 Å². The maximum absolute atomic E-state index is 11.9. The number of hydrogen-bond donors (Lipinski definition) is 1. The molecule has 0 saturated carbocycles. The van der Waals surface area contributed by atoms with E-state index in [0.29, 0.717) is 19.5 Å². The smallest absolute Gasteiger partial charge is 0.372 e. The van der Waals surface area contributed by atoms with Gasteiger partial charge in [-0.05, 0) is 48.5 Å². The summed E-state index contributed by atoms with van der Waals surface area (Å²) in [5.41, 5.74) is 7.80. The summed E-state index contributed by atoms with van der Waals surface area (Å²) < 4.78 is 42.4. The second-order valence-corrected chi connectivity index (χ2v) is 4.96.